The Morgan fingerprint density at radius 3 is 3.06 bits per heavy atom. The van der Waals surface area contributed by atoms with Crippen LogP contribution in [-0.4, -0.2) is 16.3 Å². The Bertz CT molecular complexity index is 413. The van der Waals surface area contributed by atoms with Crippen LogP contribution in [0.15, 0.2) is 12.3 Å². The first-order valence-electron chi connectivity index (χ1n) is 6.23. The number of aromatic nitrogens is 2. The van der Waals surface area contributed by atoms with Crippen LogP contribution in [0.5, 0.6) is 5.88 Å². The van der Waals surface area contributed by atoms with E-state index in [-0.39, 0.29) is 6.10 Å². The van der Waals surface area contributed by atoms with E-state index < -0.39 is 0 Å². The molecule has 4 nitrogen and oxygen atoms in total. The summed E-state index contributed by atoms with van der Waals surface area (Å²) in [5, 5.41) is 16.7. The Morgan fingerprint density at radius 2 is 2.29 bits per heavy atom. The van der Waals surface area contributed by atoms with Crippen molar-refractivity contribution in [1.82, 2.24) is 10.2 Å². The van der Waals surface area contributed by atoms with Gasteiger partial charge in [-0.25, -0.2) is 0 Å². The summed E-state index contributed by atoms with van der Waals surface area (Å²) >= 11 is 0. The first-order chi connectivity index (χ1) is 8.35. The van der Waals surface area contributed by atoms with Crippen LogP contribution in [-0.2, 0) is 0 Å². The minimum Gasteiger partial charge on any atom is -0.472 e. The average molecular weight is 231 g/mol. The minimum absolute atomic E-state index is 0.192. The molecule has 0 saturated heterocycles. The molecule has 90 valence electrons. The molecule has 1 aromatic rings. The van der Waals surface area contributed by atoms with Crippen molar-refractivity contribution in [3.8, 4) is 11.9 Å². The van der Waals surface area contributed by atoms with Crippen LogP contribution < -0.4 is 4.74 Å². The topological polar surface area (TPSA) is 58.8 Å². The SMILES string of the molecule is CCC1CCCCC1Oc1nnccc1C#N. The van der Waals surface area contributed by atoms with Gasteiger partial charge in [-0.1, -0.05) is 13.3 Å². The molecular formula is C13H17N3O. The van der Waals surface area contributed by atoms with Gasteiger partial charge in [0, 0.05) is 0 Å². The van der Waals surface area contributed by atoms with E-state index >= 15 is 0 Å². The fourth-order valence-corrected chi connectivity index (χ4v) is 2.43. The molecule has 1 aromatic heterocycles. The zero-order valence-corrected chi connectivity index (χ0v) is 10.1. The third-order valence-electron chi connectivity index (χ3n) is 3.43. The van der Waals surface area contributed by atoms with Crippen molar-refractivity contribution in [3.05, 3.63) is 17.8 Å². The number of nitrogens with zero attached hydrogens (tertiary/aromatic N) is 3. The predicted molar refractivity (Wildman–Crippen MR) is 63.4 cm³/mol. The molecule has 0 spiro atoms. The molecular weight excluding hydrogens is 214 g/mol. The third-order valence-corrected chi connectivity index (χ3v) is 3.43. The van der Waals surface area contributed by atoms with Crippen molar-refractivity contribution < 1.29 is 4.74 Å². The maximum atomic E-state index is 8.97. The quantitative estimate of drug-likeness (QED) is 0.802. The molecule has 4 heteroatoms. The molecule has 1 fully saturated rings. The van der Waals surface area contributed by atoms with Gasteiger partial charge in [0.1, 0.15) is 17.7 Å². The van der Waals surface area contributed by atoms with Crippen LogP contribution in [0, 0.1) is 17.2 Å². The Kier molecular flexibility index (Phi) is 3.92. The number of rotatable bonds is 3. The van der Waals surface area contributed by atoms with E-state index in [9.17, 15) is 0 Å². The number of hydrogen-bond donors (Lipinski definition) is 0. The molecule has 1 aliphatic carbocycles. The van der Waals surface area contributed by atoms with E-state index in [1.807, 2.05) is 0 Å². The normalized spacial score (nSPS) is 24.0. The second-order valence-electron chi connectivity index (χ2n) is 4.47. The van der Waals surface area contributed by atoms with Gasteiger partial charge >= 0.3 is 0 Å². The first kappa shape index (κ1) is 11.8. The highest BCUT2D eigenvalue weighted by Gasteiger charge is 2.26. The average Bonchev–Trinajstić information content (AvgIpc) is 2.40. The lowest BCUT2D eigenvalue weighted by atomic mass is 9.85. The summed E-state index contributed by atoms with van der Waals surface area (Å²) < 4.78 is 5.88. The predicted octanol–water partition coefficient (Wildman–Crippen LogP) is 2.70. The molecule has 1 saturated carbocycles. The summed E-state index contributed by atoms with van der Waals surface area (Å²) in [6.45, 7) is 2.19. The summed E-state index contributed by atoms with van der Waals surface area (Å²) in [7, 11) is 0. The summed E-state index contributed by atoms with van der Waals surface area (Å²) in [5.41, 5.74) is 0.473. The zero-order chi connectivity index (χ0) is 12.1. The van der Waals surface area contributed by atoms with Gasteiger partial charge in [0.05, 0.1) is 6.20 Å². The third kappa shape index (κ3) is 2.73. The molecule has 1 heterocycles. The van der Waals surface area contributed by atoms with E-state index in [1.165, 1.54) is 25.5 Å². The molecule has 0 aromatic carbocycles. The monoisotopic (exact) mass is 231 g/mol. The lowest BCUT2D eigenvalue weighted by molar-refractivity contribution is 0.0845. The molecule has 17 heavy (non-hydrogen) atoms. The molecule has 0 aliphatic heterocycles. The largest absolute Gasteiger partial charge is 0.472 e. The lowest BCUT2D eigenvalue weighted by Crippen LogP contribution is -2.30. The molecule has 0 amide bonds. The second kappa shape index (κ2) is 5.62. The van der Waals surface area contributed by atoms with Gasteiger partial charge in [0.25, 0.3) is 5.88 Å². The molecule has 1 aliphatic rings. The van der Waals surface area contributed by atoms with Gasteiger partial charge in [-0.2, -0.15) is 10.4 Å². The maximum absolute atomic E-state index is 8.97. The zero-order valence-electron chi connectivity index (χ0n) is 10.1. The highest BCUT2D eigenvalue weighted by Crippen LogP contribution is 2.30. The van der Waals surface area contributed by atoms with Crippen molar-refractivity contribution in [1.29, 1.82) is 5.26 Å². The first-order valence-corrected chi connectivity index (χ1v) is 6.23. The Labute approximate surface area is 102 Å². The van der Waals surface area contributed by atoms with Gasteiger partial charge in [-0.15, -0.1) is 5.10 Å². The van der Waals surface area contributed by atoms with Crippen molar-refractivity contribution in [3.63, 3.8) is 0 Å². The molecule has 2 atom stereocenters. The van der Waals surface area contributed by atoms with E-state index in [0.717, 1.165) is 12.8 Å². The van der Waals surface area contributed by atoms with E-state index in [2.05, 4.69) is 23.2 Å². The van der Waals surface area contributed by atoms with Gasteiger partial charge in [-0.3, -0.25) is 0 Å². The summed E-state index contributed by atoms with van der Waals surface area (Å²) in [5.74, 6) is 0.970. The molecule has 0 N–H and O–H groups in total. The van der Waals surface area contributed by atoms with Gasteiger partial charge < -0.3 is 4.74 Å². The fourth-order valence-electron chi connectivity index (χ4n) is 2.43. The van der Waals surface area contributed by atoms with Crippen molar-refractivity contribution in [2.24, 2.45) is 5.92 Å². The minimum atomic E-state index is 0.192. The molecule has 0 radical (unpaired) electrons. The van der Waals surface area contributed by atoms with E-state index in [0.29, 0.717) is 17.4 Å². The van der Waals surface area contributed by atoms with Crippen LogP contribution in [0.3, 0.4) is 0 Å². The molecule has 2 rings (SSSR count). The number of ether oxygens (including phenoxy) is 1. The Balaban J connectivity index is 2.11. The number of hydrogen-bond acceptors (Lipinski definition) is 4. The summed E-state index contributed by atoms with van der Waals surface area (Å²) in [4.78, 5) is 0. The Hall–Kier alpha value is -1.63. The van der Waals surface area contributed by atoms with E-state index in [1.54, 1.807) is 6.07 Å². The lowest BCUT2D eigenvalue weighted by Gasteiger charge is -2.30. The van der Waals surface area contributed by atoms with Crippen molar-refractivity contribution >= 4 is 0 Å². The molecule has 2 unspecified atom stereocenters. The standard InChI is InChI=1S/C13H17N3O/c1-2-10-5-3-4-6-12(10)17-13-11(9-14)7-8-15-16-13/h7-8,10,12H,2-6H2,1H3. The van der Waals surface area contributed by atoms with Crippen LogP contribution in [0.25, 0.3) is 0 Å². The molecule has 0 bridgehead atoms. The van der Waals surface area contributed by atoms with Crippen molar-refractivity contribution in [2.75, 3.05) is 0 Å². The van der Waals surface area contributed by atoms with Gasteiger partial charge in [-0.05, 0) is 37.7 Å². The summed E-state index contributed by atoms with van der Waals surface area (Å²) in [6, 6.07) is 3.74. The fraction of sp³-hybridized carbons (Fsp3) is 0.615. The van der Waals surface area contributed by atoms with Crippen LogP contribution in [0.1, 0.15) is 44.6 Å². The van der Waals surface area contributed by atoms with E-state index in [4.69, 9.17) is 10.00 Å². The number of nitriles is 1. The van der Waals surface area contributed by atoms with Crippen LogP contribution in [0.2, 0.25) is 0 Å². The smallest absolute Gasteiger partial charge is 0.251 e. The highest BCUT2D eigenvalue weighted by atomic mass is 16.5. The van der Waals surface area contributed by atoms with Crippen molar-refractivity contribution in [2.45, 2.75) is 45.1 Å². The van der Waals surface area contributed by atoms with Crippen LogP contribution in [0.4, 0.5) is 0 Å². The highest BCUT2D eigenvalue weighted by molar-refractivity contribution is 5.35. The van der Waals surface area contributed by atoms with Gasteiger partial charge in [0.2, 0.25) is 0 Å². The second-order valence-corrected chi connectivity index (χ2v) is 4.47. The summed E-state index contributed by atoms with van der Waals surface area (Å²) in [6.07, 6.45) is 7.57. The van der Waals surface area contributed by atoms with Gasteiger partial charge in [0.15, 0.2) is 0 Å². The maximum Gasteiger partial charge on any atom is 0.251 e. The Morgan fingerprint density at radius 1 is 1.47 bits per heavy atom. The van der Waals surface area contributed by atoms with Crippen LogP contribution >= 0.6 is 0 Å².